The van der Waals surface area contributed by atoms with Crippen molar-refractivity contribution in [2.24, 2.45) is 0 Å². The topological polar surface area (TPSA) is 56.3 Å². The van der Waals surface area contributed by atoms with Crippen LogP contribution in [0.25, 0.3) is 0 Å². The molecule has 5 heteroatoms. The fraction of sp³-hybridized carbons (Fsp3) is 0.286. The predicted molar refractivity (Wildman–Crippen MR) is 71.6 cm³/mol. The summed E-state index contributed by atoms with van der Waals surface area (Å²) >= 11 is 0. The number of aromatic nitrogens is 2. The van der Waals surface area contributed by atoms with Crippen molar-refractivity contribution >= 4 is 5.82 Å². The molecule has 0 saturated heterocycles. The molecule has 1 aliphatic rings. The van der Waals surface area contributed by atoms with Gasteiger partial charge in [0.25, 0.3) is 0 Å². The number of fused-ring (bicyclic) bond motifs is 1. The minimum Gasteiger partial charge on any atom is -0.493 e. The lowest BCUT2D eigenvalue weighted by atomic mass is 10.0. The summed E-state index contributed by atoms with van der Waals surface area (Å²) in [5, 5.41) is 3.37. The molecule has 0 aliphatic carbocycles. The number of ether oxygens (including phenoxy) is 2. The summed E-state index contributed by atoms with van der Waals surface area (Å²) in [5.41, 5.74) is 2.14. The Balaban J connectivity index is 1.89. The van der Waals surface area contributed by atoms with Gasteiger partial charge < -0.3 is 14.8 Å². The van der Waals surface area contributed by atoms with E-state index < -0.39 is 0 Å². The molecule has 1 N–H and O–H groups in total. The number of rotatable bonds is 3. The van der Waals surface area contributed by atoms with E-state index in [1.54, 1.807) is 26.6 Å². The van der Waals surface area contributed by atoms with Crippen LogP contribution in [0, 0.1) is 0 Å². The first-order valence-electron chi connectivity index (χ1n) is 6.10. The molecule has 0 fully saturated rings. The van der Waals surface area contributed by atoms with Crippen LogP contribution in [0.1, 0.15) is 17.3 Å². The zero-order chi connectivity index (χ0) is 13.2. The number of methoxy groups -OCH3 is 2. The smallest absolute Gasteiger partial charge is 0.161 e. The van der Waals surface area contributed by atoms with Crippen LogP contribution in [0.2, 0.25) is 0 Å². The molecule has 1 aromatic carbocycles. The van der Waals surface area contributed by atoms with Crippen LogP contribution in [0.4, 0.5) is 5.82 Å². The van der Waals surface area contributed by atoms with E-state index in [0.717, 1.165) is 35.0 Å². The molecule has 1 aromatic heterocycles. The molecular formula is C14H15N3O2. The van der Waals surface area contributed by atoms with Gasteiger partial charge >= 0.3 is 0 Å². The molecule has 0 spiro atoms. The van der Waals surface area contributed by atoms with E-state index in [2.05, 4.69) is 15.3 Å². The Bertz CT molecular complexity index is 576. The van der Waals surface area contributed by atoms with Crippen molar-refractivity contribution in [3.8, 4) is 11.5 Å². The van der Waals surface area contributed by atoms with Crippen molar-refractivity contribution in [3.63, 3.8) is 0 Å². The van der Waals surface area contributed by atoms with Gasteiger partial charge in [-0.25, -0.2) is 4.98 Å². The average Bonchev–Trinajstić information content (AvgIpc) is 2.90. The number of anilines is 1. The number of benzene rings is 1. The summed E-state index contributed by atoms with van der Waals surface area (Å²) < 4.78 is 10.6. The van der Waals surface area contributed by atoms with Crippen molar-refractivity contribution in [1.82, 2.24) is 9.97 Å². The number of nitrogens with zero attached hydrogens (tertiary/aromatic N) is 2. The van der Waals surface area contributed by atoms with Gasteiger partial charge in [0.05, 0.1) is 26.0 Å². The molecule has 98 valence electrons. The van der Waals surface area contributed by atoms with Gasteiger partial charge in [0.2, 0.25) is 0 Å². The highest BCUT2D eigenvalue weighted by Crippen LogP contribution is 2.35. The third-order valence-electron chi connectivity index (χ3n) is 3.29. The first-order chi connectivity index (χ1) is 9.31. The van der Waals surface area contributed by atoms with Crippen LogP contribution in [0.3, 0.4) is 0 Å². The summed E-state index contributed by atoms with van der Waals surface area (Å²) in [4.78, 5) is 8.61. The molecule has 2 aromatic rings. The second-order valence-corrected chi connectivity index (χ2v) is 4.37. The van der Waals surface area contributed by atoms with E-state index in [9.17, 15) is 0 Å². The minimum atomic E-state index is 0.178. The van der Waals surface area contributed by atoms with Crippen LogP contribution in [0.5, 0.6) is 11.5 Å². The Hall–Kier alpha value is -2.30. The summed E-state index contributed by atoms with van der Waals surface area (Å²) in [5.74, 6) is 2.33. The molecule has 0 radical (unpaired) electrons. The van der Waals surface area contributed by atoms with Crippen LogP contribution >= 0.6 is 0 Å². The molecular weight excluding hydrogens is 242 g/mol. The highest BCUT2D eigenvalue weighted by atomic mass is 16.5. The Morgan fingerprint density at radius 2 is 1.89 bits per heavy atom. The van der Waals surface area contributed by atoms with Gasteiger partial charge in [-0.3, -0.25) is 4.98 Å². The Labute approximate surface area is 111 Å². The van der Waals surface area contributed by atoms with Crippen LogP contribution in [-0.4, -0.2) is 24.2 Å². The first-order valence-corrected chi connectivity index (χ1v) is 6.10. The summed E-state index contributed by atoms with van der Waals surface area (Å²) in [6, 6.07) is 6.12. The first kappa shape index (κ1) is 11.8. The third kappa shape index (κ3) is 2.07. The van der Waals surface area contributed by atoms with Gasteiger partial charge in [-0.05, 0) is 17.7 Å². The zero-order valence-electron chi connectivity index (χ0n) is 10.9. The van der Waals surface area contributed by atoms with Gasteiger partial charge in [-0.2, -0.15) is 0 Å². The standard InChI is InChI=1S/C14H15N3O2/c1-18-12-4-3-9(7-13(12)19-2)10-8-11-14(17-10)16-6-5-15-11/h3-7,10H,8H2,1-2H3,(H,16,17). The van der Waals surface area contributed by atoms with E-state index in [1.807, 2.05) is 18.2 Å². The largest absolute Gasteiger partial charge is 0.493 e. The van der Waals surface area contributed by atoms with Crippen molar-refractivity contribution in [1.29, 1.82) is 0 Å². The third-order valence-corrected chi connectivity index (χ3v) is 3.29. The monoisotopic (exact) mass is 257 g/mol. The summed E-state index contributed by atoms with van der Waals surface area (Å²) in [6.07, 6.45) is 4.25. The van der Waals surface area contributed by atoms with Crippen molar-refractivity contribution < 1.29 is 9.47 Å². The molecule has 0 bridgehead atoms. The lowest BCUT2D eigenvalue weighted by Crippen LogP contribution is -2.06. The zero-order valence-corrected chi connectivity index (χ0v) is 10.9. The minimum absolute atomic E-state index is 0.178. The molecule has 1 unspecified atom stereocenters. The van der Waals surface area contributed by atoms with Crippen LogP contribution < -0.4 is 14.8 Å². The van der Waals surface area contributed by atoms with Gasteiger partial charge in [-0.1, -0.05) is 6.07 Å². The maximum absolute atomic E-state index is 5.33. The highest BCUT2D eigenvalue weighted by Gasteiger charge is 2.24. The van der Waals surface area contributed by atoms with Crippen LogP contribution in [0.15, 0.2) is 30.6 Å². The maximum Gasteiger partial charge on any atom is 0.161 e. The molecule has 2 heterocycles. The second-order valence-electron chi connectivity index (χ2n) is 4.37. The van der Waals surface area contributed by atoms with E-state index in [-0.39, 0.29) is 6.04 Å². The molecule has 0 saturated carbocycles. The lowest BCUT2D eigenvalue weighted by molar-refractivity contribution is 0.354. The number of nitrogens with one attached hydrogen (secondary N) is 1. The van der Waals surface area contributed by atoms with Crippen molar-refractivity contribution in [2.75, 3.05) is 19.5 Å². The van der Waals surface area contributed by atoms with Crippen LogP contribution in [-0.2, 0) is 6.42 Å². The number of hydrogen-bond acceptors (Lipinski definition) is 5. The van der Waals surface area contributed by atoms with Crippen molar-refractivity contribution in [3.05, 3.63) is 41.9 Å². The van der Waals surface area contributed by atoms with Gasteiger partial charge in [-0.15, -0.1) is 0 Å². The van der Waals surface area contributed by atoms with E-state index >= 15 is 0 Å². The molecule has 5 nitrogen and oxygen atoms in total. The molecule has 3 rings (SSSR count). The number of hydrogen-bond donors (Lipinski definition) is 1. The predicted octanol–water partition coefficient (Wildman–Crippen LogP) is 2.20. The summed E-state index contributed by atoms with van der Waals surface area (Å²) in [7, 11) is 3.27. The Morgan fingerprint density at radius 3 is 2.63 bits per heavy atom. The Kier molecular flexibility index (Phi) is 2.95. The normalized spacial score (nSPS) is 16.6. The van der Waals surface area contributed by atoms with E-state index in [0.29, 0.717) is 0 Å². The van der Waals surface area contributed by atoms with Gasteiger partial charge in [0.15, 0.2) is 11.5 Å². The average molecular weight is 257 g/mol. The summed E-state index contributed by atoms with van der Waals surface area (Å²) in [6.45, 7) is 0. The molecule has 1 aliphatic heterocycles. The molecule has 1 atom stereocenters. The van der Waals surface area contributed by atoms with Gasteiger partial charge in [0.1, 0.15) is 5.82 Å². The molecule has 0 amide bonds. The van der Waals surface area contributed by atoms with Gasteiger partial charge in [0, 0.05) is 18.8 Å². The Morgan fingerprint density at radius 1 is 1.11 bits per heavy atom. The quantitative estimate of drug-likeness (QED) is 0.913. The maximum atomic E-state index is 5.33. The molecule has 19 heavy (non-hydrogen) atoms. The fourth-order valence-electron chi connectivity index (χ4n) is 2.32. The fourth-order valence-corrected chi connectivity index (χ4v) is 2.32. The SMILES string of the molecule is COc1ccc(C2Cc3nccnc3N2)cc1OC. The van der Waals surface area contributed by atoms with E-state index in [1.165, 1.54) is 0 Å². The highest BCUT2D eigenvalue weighted by molar-refractivity contribution is 5.52. The van der Waals surface area contributed by atoms with E-state index in [4.69, 9.17) is 9.47 Å². The second kappa shape index (κ2) is 4.76. The lowest BCUT2D eigenvalue weighted by Gasteiger charge is -2.14. The van der Waals surface area contributed by atoms with Crippen molar-refractivity contribution in [2.45, 2.75) is 12.5 Å².